The van der Waals surface area contributed by atoms with Crippen LogP contribution in [0.3, 0.4) is 0 Å². The number of amides is 2. The van der Waals surface area contributed by atoms with E-state index in [2.05, 4.69) is 0 Å². The zero-order valence-electron chi connectivity index (χ0n) is 18.5. The predicted octanol–water partition coefficient (Wildman–Crippen LogP) is 1.05. The summed E-state index contributed by atoms with van der Waals surface area (Å²) in [5.41, 5.74) is 3.94. The summed E-state index contributed by atoms with van der Waals surface area (Å²) in [5.74, 6) is -3.07. The first-order chi connectivity index (χ1) is 16.6. The van der Waals surface area contributed by atoms with Gasteiger partial charge in [0.1, 0.15) is 11.4 Å². The number of ketones is 1. The third kappa shape index (κ3) is 3.90. The highest BCUT2D eigenvalue weighted by atomic mass is 16.6. The molecule has 0 saturated heterocycles. The smallest absolute Gasteiger partial charge is 0.332 e. The number of nitrogen functional groups attached to an aromatic ring is 1. The number of fused-ring (bicyclic) bond motifs is 1. The van der Waals surface area contributed by atoms with Crippen molar-refractivity contribution in [1.29, 1.82) is 0 Å². The summed E-state index contributed by atoms with van der Waals surface area (Å²) in [7, 11) is 0. The van der Waals surface area contributed by atoms with Crippen LogP contribution in [0.5, 0.6) is 0 Å². The lowest BCUT2D eigenvalue weighted by atomic mass is 10.1. The number of hydrogen-bond donors (Lipinski definition) is 1. The molecule has 3 aromatic rings. The normalized spacial score (nSPS) is 12.7. The van der Waals surface area contributed by atoms with E-state index in [9.17, 15) is 34.1 Å². The Kier molecular flexibility index (Phi) is 5.87. The summed E-state index contributed by atoms with van der Waals surface area (Å²) < 4.78 is 1.93. The number of non-ortho nitro benzene ring substituents is 1. The zero-order valence-corrected chi connectivity index (χ0v) is 18.5. The molecular formula is C23H19N5O7. The lowest BCUT2D eigenvalue weighted by Crippen LogP contribution is -2.45. The molecule has 1 aliphatic rings. The molecule has 2 N–H and O–H groups in total. The van der Waals surface area contributed by atoms with Crippen LogP contribution >= 0.6 is 0 Å². The SMILES string of the molecule is CCn1c(=O)c(C(=O)CN2C(=O)c3ccc([N+](=O)[O-])cc3C2=O)c(N)n(Cc2ccccc2)c1=O. The molecule has 0 bridgehead atoms. The van der Waals surface area contributed by atoms with E-state index in [-0.39, 0.29) is 35.7 Å². The van der Waals surface area contributed by atoms with Crippen molar-refractivity contribution in [2.75, 3.05) is 12.3 Å². The number of anilines is 1. The van der Waals surface area contributed by atoms with Gasteiger partial charge in [-0.1, -0.05) is 30.3 Å². The minimum atomic E-state index is -0.944. The van der Waals surface area contributed by atoms with Gasteiger partial charge in [-0.15, -0.1) is 0 Å². The molecule has 0 radical (unpaired) electrons. The van der Waals surface area contributed by atoms with E-state index in [0.29, 0.717) is 10.5 Å². The Labute approximate surface area is 197 Å². The predicted molar refractivity (Wildman–Crippen MR) is 123 cm³/mol. The number of carbonyl (C=O) groups excluding carboxylic acids is 3. The zero-order chi connectivity index (χ0) is 25.4. The summed E-state index contributed by atoms with van der Waals surface area (Å²) in [6.45, 7) is 0.677. The van der Waals surface area contributed by atoms with Crippen molar-refractivity contribution < 1.29 is 19.3 Å². The largest absolute Gasteiger partial charge is 0.384 e. The minimum Gasteiger partial charge on any atom is -0.384 e. The van der Waals surface area contributed by atoms with Crippen LogP contribution in [0.4, 0.5) is 11.5 Å². The van der Waals surface area contributed by atoms with Gasteiger partial charge >= 0.3 is 5.69 Å². The number of hydrogen-bond acceptors (Lipinski definition) is 8. The molecule has 2 aromatic carbocycles. The second kappa shape index (κ2) is 8.82. The van der Waals surface area contributed by atoms with Gasteiger partial charge in [-0.25, -0.2) is 4.79 Å². The second-order valence-electron chi connectivity index (χ2n) is 7.77. The van der Waals surface area contributed by atoms with Crippen molar-refractivity contribution in [1.82, 2.24) is 14.0 Å². The van der Waals surface area contributed by atoms with Gasteiger partial charge < -0.3 is 5.73 Å². The summed E-state index contributed by atoms with van der Waals surface area (Å²) >= 11 is 0. The Morgan fingerprint density at radius 3 is 2.26 bits per heavy atom. The van der Waals surface area contributed by atoms with Crippen molar-refractivity contribution in [2.24, 2.45) is 0 Å². The molecule has 0 atom stereocenters. The highest BCUT2D eigenvalue weighted by Gasteiger charge is 2.39. The summed E-state index contributed by atoms with van der Waals surface area (Å²) in [5, 5.41) is 11.0. The van der Waals surface area contributed by atoms with Crippen LogP contribution in [0, 0.1) is 10.1 Å². The van der Waals surface area contributed by atoms with Crippen molar-refractivity contribution in [3.8, 4) is 0 Å². The standard InChI is InChI=1S/C23H19N5O7/c1-2-25-22(32)18(19(24)26(23(25)33)11-13-6-4-3-5-7-13)17(29)12-27-20(30)15-9-8-14(28(34)35)10-16(15)21(27)31/h3-10H,2,11-12,24H2,1H3. The Morgan fingerprint density at radius 1 is 0.971 bits per heavy atom. The molecule has 0 saturated carbocycles. The van der Waals surface area contributed by atoms with E-state index in [4.69, 9.17) is 5.73 Å². The maximum atomic E-state index is 13.2. The van der Waals surface area contributed by atoms with Gasteiger partial charge in [-0.05, 0) is 18.6 Å². The van der Waals surface area contributed by atoms with Crippen LogP contribution in [0.25, 0.3) is 0 Å². The summed E-state index contributed by atoms with van der Waals surface area (Å²) in [4.78, 5) is 75.4. The fourth-order valence-electron chi connectivity index (χ4n) is 3.93. The number of carbonyl (C=O) groups is 3. The summed E-state index contributed by atoms with van der Waals surface area (Å²) in [6, 6.07) is 12.0. The molecule has 2 amide bonds. The van der Waals surface area contributed by atoms with Crippen LogP contribution in [0.15, 0.2) is 58.1 Å². The lowest BCUT2D eigenvalue weighted by Gasteiger charge is -2.17. The molecule has 178 valence electrons. The Bertz CT molecular complexity index is 1520. The molecule has 0 spiro atoms. The monoisotopic (exact) mass is 477 g/mol. The number of rotatable bonds is 7. The van der Waals surface area contributed by atoms with E-state index in [1.54, 1.807) is 37.3 Å². The molecule has 12 heteroatoms. The van der Waals surface area contributed by atoms with E-state index < -0.39 is 45.9 Å². The maximum Gasteiger partial charge on any atom is 0.332 e. The van der Waals surface area contributed by atoms with Gasteiger partial charge in [0.05, 0.1) is 29.1 Å². The first-order valence-corrected chi connectivity index (χ1v) is 10.5. The number of nitro benzene ring substituents is 1. The lowest BCUT2D eigenvalue weighted by molar-refractivity contribution is -0.384. The number of nitrogens with zero attached hydrogens (tertiary/aromatic N) is 4. The van der Waals surface area contributed by atoms with Crippen LogP contribution in [0.1, 0.15) is 43.6 Å². The van der Waals surface area contributed by atoms with Crippen LogP contribution in [-0.2, 0) is 13.1 Å². The third-order valence-electron chi connectivity index (χ3n) is 5.71. The average Bonchev–Trinajstić information content (AvgIpc) is 3.07. The Hall–Kier alpha value is -4.87. The van der Waals surface area contributed by atoms with Gasteiger partial charge in [0.15, 0.2) is 5.78 Å². The second-order valence-corrected chi connectivity index (χ2v) is 7.77. The maximum absolute atomic E-state index is 13.2. The average molecular weight is 477 g/mol. The minimum absolute atomic E-state index is 0.0112. The van der Waals surface area contributed by atoms with Gasteiger partial charge in [-0.3, -0.25) is 43.3 Å². The Balaban J connectivity index is 1.73. The number of benzene rings is 2. The van der Waals surface area contributed by atoms with Crippen LogP contribution in [0.2, 0.25) is 0 Å². The number of aromatic nitrogens is 2. The number of nitro groups is 1. The molecule has 12 nitrogen and oxygen atoms in total. The van der Waals surface area contributed by atoms with Crippen molar-refractivity contribution >= 4 is 29.1 Å². The molecule has 0 fully saturated rings. The molecule has 4 rings (SSSR count). The van der Waals surface area contributed by atoms with E-state index in [0.717, 1.165) is 27.3 Å². The third-order valence-corrected chi connectivity index (χ3v) is 5.71. The molecular weight excluding hydrogens is 458 g/mol. The fraction of sp³-hybridized carbons (Fsp3) is 0.174. The molecule has 1 aliphatic heterocycles. The summed E-state index contributed by atoms with van der Waals surface area (Å²) in [6.07, 6.45) is 0. The van der Waals surface area contributed by atoms with Crippen LogP contribution in [-0.4, -0.2) is 43.1 Å². The van der Waals surface area contributed by atoms with E-state index in [1.165, 1.54) is 0 Å². The van der Waals surface area contributed by atoms with Crippen molar-refractivity contribution in [2.45, 2.75) is 20.0 Å². The molecule has 0 unspecified atom stereocenters. The molecule has 1 aromatic heterocycles. The van der Waals surface area contributed by atoms with Gasteiger partial charge in [0, 0.05) is 18.7 Å². The highest BCUT2D eigenvalue weighted by molar-refractivity contribution is 6.23. The fourth-order valence-corrected chi connectivity index (χ4v) is 3.93. The molecule has 2 heterocycles. The number of imide groups is 1. The van der Waals surface area contributed by atoms with E-state index >= 15 is 0 Å². The van der Waals surface area contributed by atoms with Crippen LogP contribution < -0.4 is 17.0 Å². The number of nitrogens with two attached hydrogens (primary N) is 1. The van der Waals surface area contributed by atoms with Gasteiger partial charge in [0.2, 0.25) is 0 Å². The van der Waals surface area contributed by atoms with E-state index in [1.807, 2.05) is 0 Å². The topological polar surface area (TPSA) is 168 Å². The first-order valence-electron chi connectivity index (χ1n) is 10.5. The van der Waals surface area contributed by atoms with Gasteiger partial charge in [0.25, 0.3) is 23.1 Å². The molecule has 35 heavy (non-hydrogen) atoms. The van der Waals surface area contributed by atoms with Crippen molar-refractivity contribution in [3.05, 3.63) is 102 Å². The first kappa shape index (κ1) is 23.3. The number of Topliss-reactive ketones (excluding diaryl/α,β-unsaturated/α-hetero) is 1. The van der Waals surface area contributed by atoms with Gasteiger partial charge in [-0.2, -0.15) is 0 Å². The molecule has 0 aliphatic carbocycles. The van der Waals surface area contributed by atoms with Crippen molar-refractivity contribution in [3.63, 3.8) is 0 Å². The highest BCUT2D eigenvalue weighted by Crippen LogP contribution is 2.27. The Morgan fingerprint density at radius 2 is 1.63 bits per heavy atom. The quantitative estimate of drug-likeness (QED) is 0.228.